The SMILES string of the molecule is CCCn1ccc(C=C(CO)C(C)C)c1. The number of aromatic nitrogens is 1. The van der Waals surface area contributed by atoms with Crippen LogP contribution in [-0.4, -0.2) is 16.3 Å². The van der Waals surface area contributed by atoms with Gasteiger partial charge in [0.05, 0.1) is 6.61 Å². The van der Waals surface area contributed by atoms with Crippen molar-refractivity contribution >= 4 is 6.08 Å². The molecular formula is C13H21NO. The second kappa shape index (κ2) is 5.76. The number of aryl methyl sites for hydroxylation is 1. The first-order valence-electron chi connectivity index (χ1n) is 5.64. The quantitative estimate of drug-likeness (QED) is 0.789. The van der Waals surface area contributed by atoms with Gasteiger partial charge in [0, 0.05) is 18.9 Å². The molecule has 0 aliphatic carbocycles. The first-order valence-corrected chi connectivity index (χ1v) is 5.64. The third-order valence-corrected chi connectivity index (χ3v) is 2.53. The Balaban J connectivity index is 2.77. The molecule has 0 saturated heterocycles. The third-order valence-electron chi connectivity index (χ3n) is 2.53. The molecule has 1 aromatic rings. The Morgan fingerprint density at radius 2 is 2.27 bits per heavy atom. The molecule has 0 aliphatic rings. The maximum Gasteiger partial charge on any atom is 0.0647 e. The summed E-state index contributed by atoms with van der Waals surface area (Å²) in [5.74, 6) is 0.407. The molecule has 0 aliphatic heterocycles. The largest absolute Gasteiger partial charge is 0.392 e. The lowest BCUT2D eigenvalue weighted by Crippen LogP contribution is -1.98. The molecule has 0 fully saturated rings. The molecular weight excluding hydrogens is 186 g/mol. The summed E-state index contributed by atoms with van der Waals surface area (Å²) in [6.07, 6.45) is 7.44. The van der Waals surface area contributed by atoms with Gasteiger partial charge in [-0.1, -0.05) is 26.8 Å². The van der Waals surface area contributed by atoms with Gasteiger partial charge in [-0.25, -0.2) is 0 Å². The first-order chi connectivity index (χ1) is 7.17. The summed E-state index contributed by atoms with van der Waals surface area (Å²) in [6.45, 7) is 7.58. The van der Waals surface area contributed by atoms with Crippen molar-refractivity contribution in [1.82, 2.24) is 4.57 Å². The average Bonchev–Trinajstić information content (AvgIpc) is 2.62. The fourth-order valence-electron chi connectivity index (χ4n) is 1.55. The van der Waals surface area contributed by atoms with E-state index in [4.69, 9.17) is 0 Å². The second-order valence-electron chi connectivity index (χ2n) is 4.21. The van der Waals surface area contributed by atoms with E-state index in [1.165, 1.54) is 5.56 Å². The van der Waals surface area contributed by atoms with E-state index >= 15 is 0 Å². The highest BCUT2D eigenvalue weighted by molar-refractivity contribution is 5.52. The highest BCUT2D eigenvalue weighted by Crippen LogP contribution is 2.14. The van der Waals surface area contributed by atoms with E-state index in [1.54, 1.807) is 0 Å². The minimum absolute atomic E-state index is 0.149. The molecule has 1 aromatic heterocycles. The Hall–Kier alpha value is -1.02. The topological polar surface area (TPSA) is 25.2 Å². The molecule has 0 spiro atoms. The van der Waals surface area contributed by atoms with E-state index in [1.807, 2.05) is 0 Å². The lowest BCUT2D eigenvalue weighted by atomic mass is 10.0. The van der Waals surface area contributed by atoms with Crippen molar-refractivity contribution in [2.45, 2.75) is 33.7 Å². The number of nitrogens with zero attached hydrogens (tertiary/aromatic N) is 1. The molecule has 0 amide bonds. The highest BCUT2D eigenvalue weighted by Gasteiger charge is 2.02. The molecule has 0 bridgehead atoms. The minimum atomic E-state index is 0.149. The molecule has 84 valence electrons. The smallest absolute Gasteiger partial charge is 0.0647 e. The van der Waals surface area contributed by atoms with Crippen molar-refractivity contribution < 1.29 is 5.11 Å². The molecule has 15 heavy (non-hydrogen) atoms. The van der Waals surface area contributed by atoms with Crippen LogP contribution in [0.2, 0.25) is 0 Å². The Kier molecular flexibility index (Phi) is 4.63. The van der Waals surface area contributed by atoms with Crippen LogP contribution < -0.4 is 0 Å². The summed E-state index contributed by atoms with van der Waals surface area (Å²) >= 11 is 0. The van der Waals surface area contributed by atoms with Crippen molar-refractivity contribution in [3.8, 4) is 0 Å². The summed E-state index contributed by atoms with van der Waals surface area (Å²) < 4.78 is 2.18. The van der Waals surface area contributed by atoms with Crippen LogP contribution in [0.15, 0.2) is 24.0 Å². The van der Waals surface area contributed by atoms with Gasteiger partial charge in [-0.05, 0) is 29.5 Å². The standard InChI is InChI=1S/C13H21NO/c1-4-6-14-7-5-12(9-14)8-13(10-15)11(2)3/h5,7-9,11,15H,4,6,10H2,1-3H3. The van der Waals surface area contributed by atoms with Crippen LogP contribution in [0.3, 0.4) is 0 Å². The number of hydrogen-bond acceptors (Lipinski definition) is 1. The van der Waals surface area contributed by atoms with Crippen LogP contribution in [0.1, 0.15) is 32.8 Å². The number of aliphatic hydroxyl groups excluding tert-OH is 1. The van der Waals surface area contributed by atoms with Gasteiger partial charge in [0.15, 0.2) is 0 Å². The van der Waals surface area contributed by atoms with Crippen LogP contribution in [0.4, 0.5) is 0 Å². The van der Waals surface area contributed by atoms with E-state index < -0.39 is 0 Å². The van der Waals surface area contributed by atoms with E-state index in [-0.39, 0.29) is 6.61 Å². The Bertz CT molecular complexity index is 323. The number of rotatable bonds is 5. The van der Waals surface area contributed by atoms with Crippen molar-refractivity contribution in [3.05, 3.63) is 29.6 Å². The Labute approximate surface area is 92.2 Å². The van der Waals surface area contributed by atoms with Gasteiger partial charge >= 0.3 is 0 Å². The molecule has 0 saturated carbocycles. The molecule has 0 atom stereocenters. The van der Waals surface area contributed by atoms with Crippen molar-refractivity contribution in [3.63, 3.8) is 0 Å². The normalized spacial score (nSPS) is 12.5. The van der Waals surface area contributed by atoms with E-state index in [2.05, 4.69) is 49.9 Å². The third kappa shape index (κ3) is 3.56. The molecule has 1 N–H and O–H groups in total. The minimum Gasteiger partial charge on any atom is -0.392 e. The maximum atomic E-state index is 9.19. The van der Waals surface area contributed by atoms with Gasteiger partial charge in [0.1, 0.15) is 0 Å². The summed E-state index contributed by atoms with van der Waals surface area (Å²) in [7, 11) is 0. The van der Waals surface area contributed by atoms with Crippen molar-refractivity contribution in [2.75, 3.05) is 6.61 Å². The summed E-state index contributed by atoms with van der Waals surface area (Å²) in [5, 5.41) is 9.19. The van der Waals surface area contributed by atoms with E-state index in [0.717, 1.165) is 18.5 Å². The maximum absolute atomic E-state index is 9.19. The molecule has 1 heterocycles. The highest BCUT2D eigenvalue weighted by atomic mass is 16.3. The summed E-state index contributed by atoms with van der Waals surface area (Å²) in [6, 6.07) is 2.09. The van der Waals surface area contributed by atoms with Gasteiger partial charge in [0.2, 0.25) is 0 Å². The summed E-state index contributed by atoms with van der Waals surface area (Å²) in [5.41, 5.74) is 2.27. The van der Waals surface area contributed by atoms with Crippen LogP contribution in [0, 0.1) is 5.92 Å². The molecule has 1 rings (SSSR count). The molecule has 0 aromatic carbocycles. The monoisotopic (exact) mass is 207 g/mol. The fourth-order valence-corrected chi connectivity index (χ4v) is 1.55. The molecule has 2 heteroatoms. The predicted molar refractivity (Wildman–Crippen MR) is 64.6 cm³/mol. The van der Waals surface area contributed by atoms with Crippen LogP contribution in [0.5, 0.6) is 0 Å². The lowest BCUT2D eigenvalue weighted by molar-refractivity contribution is 0.320. The van der Waals surface area contributed by atoms with Gasteiger partial charge < -0.3 is 9.67 Å². The predicted octanol–water partition coefficient (Wildman–Crippen LogP) is 2.93. The van der Waals surface area contributed by atoms with E-state index in [9.17, 15) is 5.11 Å². The van der Waals surface area contributed by atoms with Gasteiger partial charge in [-0.2, -0.15) is 0 Å². The average molecular weight is 207 g/mol. The Morgan fingerprint density at radius 3 is 2.80 bits per heavy atom. The van der Waals surface area contributed by atoms with E-state index in [0.29, 0.717) is 5.92 Å². The molecule has 0 radical (unpaired) electrons. The van der Waals surface area contributed by atoms with Crippen LogP contribution in [-0.2, 0) is 6.54 Å². The van der Waals surface area contributed by atoms with Gasteiger partial charge in [-0.3, -0.25) is 0 Å². The Morgan fingerprint density at radius 1 is 1.53 bits per heavy atom. The second-order valence-corrected chi connectivity index (χ2v) is 4.21. The molecule has 0 unspecified atom stereocenters. The van der Waals surface area contributed by atoms with Gasteiger partial charge in [-0.15, -0.1) is 0 Å². The van der Waals surface area contributed by atoms with Crippen LogP contribution in [0.25, 0.3) is 6.08 Å². The van der Waals surface area contributed by atoms with Crippen molar-refractivity contribution in [2.24, 2.45) is 5.92 Å². The van der Waals surface area contributed by atoms with Crippen LogP contribution >= 0.6 is 0 Å². The first kappa shape index (κ1) is 12.1. The lowest BCUT2D eigenvalue weighted by Gasteiger charge is -2.06. The van der Waals surface area contributed by atoms with Crippen molar-refractivity contribution in [1.29, 1.82) is 0 Å². The number of hydrogen-bond donors (Lipinski definition) is 1. The zero-order chi connectivity index (χ0) is 11.3. The molecule has 2 nitrogen and oxygen atoms in total. The number of aliphatic hydroxyl groups is 1. The fraction of sp³-hybridized carbons (Fsp3) is 0.538. The van der Waals surface area contributed by atoms with Gasteiger partial charge in [0.25, 0.3) is 0 Å². The summed E-state index contributed by atoms with van der Waals surface area (Å²) in [4.78, 5) is 0. The zero-order valence-corrected chi connectivity index (χ0v) is 9.90. The zero-order valence-electron chi connectivity index (χ0n) is 9.90.